The van der Waals surface area contributed by atoms with Gasteiger partial charge >= 0.3 is 0 Å². The van der Waals surface area contributed by atoms with Crippen LogP contribution in [0.15, 0.2) is 48.5 Å². The van der Waals surface area contributed by atoms with Crippen LogP contribution in [0.4, 0.5) is 11.4 Å². The molecule has 0 atom stereocenters. The first-order valence-electron chi connectivity index (χ1n) is 8.40. The fourth-order valence-corrected chi connectivity index (χ4v) is 3.56. The number of aryl methyl sites for hydroxylation is 1. The third kappa shape index (κ3) is 3.69. The van der Waals surface area contributed by atoms with Crippen molar-refractivity contribution in [3.8, 4) is 0 Å². The highest BCUT2D eigenvalue weighted by molar-refractivity contribution is 7.93. The van der Waals surface area contributed by atoms with E-state index in [1.807, 2.05) is 24.3 Å². The summed E-state index contributed by atoms with van der Waals surface area (Å²) in [6, 6.07) is 14.6. The minimum Gasteiger partial charge on any atom is -0.308 e. The van der Waals surface area contributed by atoms with Crippen LogP contribution in [0.25, 0.3) is 0 Å². The van der Waals surface area contributed by atoms with Crippen molar-refractivity contribution in [3.63, 3.8) is 0 Å². The molecule has 25 heavy (non-hydrogen) atoms. The molecule has 1 aliphatic rings. The number of fused-ring (bicyclic) bond motifs is 1. The quantitative estimate of drug-likeness (QED) is 0.910. The maximum atomic E-state index is 12.9. The smallest absolute Gasteiger partial charge is 0.258 e. The minimum atomic E-state index is -3.42. The van der Waals surface area contributed by atoms with Gasteiger partial charge in [-0.25, -0.2) is 8.42 Å². The van der Waals surface area contributed by atoms with Crippen molar-refractivity contribution < 1.29 is 13.2 Å². The Balaban J connectivity index is 1.95. The van der Waals surface area contributed by atoms with Crippen LogP contribution in [-0.4, -0.2) is 26.1 Å². The zero-order chi connectivity index (χ0) is 18.0. The van der Waals surface area contributed by atoms with Gasteiger partial charge in [0.15, 0.2) is 0 Å². The fraction of sp³-hybridized carbons (Fsp3) is 0.316. The van der Waals surface area contributed by atoms with Crippen LogP contribution in [-0.2, 0) is 16.4 Å². The lowest BCUT2D eigenvalue weighted by atomic mass is 10.00. The van der Waals surface area contributed by atoms with E-state index >= 15 is 0 Å². The van der Waals surface area contributed by atoms with Crippen molar-refractivity contribution in [2.45, 2.75) is 31.9 Å². The maximum absolute atomic E-state index is 12.9. The van der Waals surface area contributed by atoms with E-state index in [1.165, 1.54) is 0 Å². The molecular weight excluding hydrogens is 336 g/mol. The summed E-state index contributed by atoms with van der Waals surface area (Å²) in [5.74, 6) is -0.0644. The van der Waals surface area contributed by atoms with Crippen molar-refractivity contribution in [2.24, 2.45) is 0 Å². The molecule has 1 amide bonds. The molecule has 0 spiro atoms. The molecule has 5 nitrogen and oxygen atoms in total. The molecule has 6 heteroatoms. The van der Waals surface area contributed by atoms with Crippen molar-refractivity contribution in [1.29, 1.82) is 0 Å². The van der Waals surface area contributed by atoms with Crippen molar-refractivity contribution in [2.75, 3.05) is 16.2 Å². The summed E-state index contributed by atoms with van der Waals surface area (Å²) < 4.78 is 26.8. The van der Waals surface area contributed by atoms with Crippen molar-refractivity contribution in [3.05, 3.63) is 59.7 Å². The molecule has 0 saturated carbocycles. The van der Waals surface area contributed by atoms with E-state index in [2.05, 4.69) is 4.72 Å². The van der Waals surface area contributed by atoms with Gasteiger partial charge < -0.3 is 4.90 Å². The number of nitrogens with one attached hydrogen (secondary N) is 1. The van der Waals surface area contributed by atoms with Crippen molar-refractivity contribution in [1.82, 2.24) is 0 Å². The lowest BCUT2D eigenvalue weighted by Gasteiger charge is -2.30. The van der Waals surface area contributed by atoms with Gasteiger partial charge in [0.1, 0.15) is 0 Å². The Hall–Kier alpha value is -2.34. The molecule has 0 aromatic heterocycles. The number of hydrogen-bond acceptors (Lipinski definition) is 3. The topological polar surface area (TPSA) is 66.5 Å². The molecule has 0 radical (unpaired) electrons. The van der Waals surface area contributed by atoms with E-state index in [1.54, 1.807) is 43.0 Å². The molecule has 2 aromatic rings. The summed E-state index contributed by atoms with van der Waals surface area (Å²) in [6.45, 7) is 3.89. The average molecular weight is 358 g/mol. The molecule has 3 rings (SSSR count). The van der Waals surface area contributed by atoms with Gasteiger partial charge in [0.25, 0.3) is 5.91 Å². The van der Waals surface area contributed by atoms with E-state index in [-0.39, 0.29) is 5.91 Å². The number of carbonyl (C=O) groups is 1. The number of sulfonamides is 1. The average Bonchev–Trinajstić information content (AvgIpc) is 2.61. The first-order valence-corrected chi connectivity index (χ1v) is 9.94. The van der Waals surface area contributed by atoms with E-state index in [9.17, 15) is 13.2 Å². The predicted molar refractivity (Wildman–Crippen MR) is 101 cm³/mol. The van der Waals surface area contributed by atoms with Crippen molar-refractivity contribution >= 4 is 27.3 Å². The third-order valence-electron chi connectivity index (χ3n) is 4.35. The van der Waals surface area contributed by atoms with Crippen LogP contribution in [0.1, 0.15) is 36.2 Å². The minimum absolute atomic E-state index is 0.0644. The Morgan fingerprint density at radius 2 is 1.84 bits per heavy atom. The number of hydrogen-bond donors (Lipinski definition) is 1. The number of rotatable bonds is 4. The molecule has 0 bridgehead atoms. The Morgan fingerprint density at radius 3 is 2.52 bits per heavy atom. The molecular formula is C19H22N2O3S. The zero-order valence-corrected chi connectivity index (χ0v) is 15.2. The molecule has 1 heterocycles. The normalized spacial score (nSPS) is 14.3. The maximum Gasteiger partial charge on any atom is 0.258 e. The number of benzene rings is 2. The van der Waals surface area contributed by atoms with E-state index in [4.69, 9.17) is 0 Å². The summed E-state index contributed by atoms with van der Waals surface area (Å²) in [7, 11) is -3.42. The first-order chi connectivity index (χ1) is 11.9. The summed E-state index contributed by atoms with van der Waals surface area (Å²) >= 11 is 0. The second-order valence-electron chi connectivity index (χ2n) is 6.47. The molecule has 2 aromatic carbocycles. The molecule has 132 valence electrons. The van der Waals surface area contributed by atoms with Crippen LogP contribution in [0.2, 0.25) is 0 Å². The Kier molecular flexibility index (Phi) is 4.81. The molecule has 0 aliphatic carbocycles. The Bertz CT molecular complexity index is 877. The third-order valence-corrected chi connectivity index (χ3v) is 6.11. The Labute approximate surface area is 148 Å². The van der Waals surface area contributed by atoms with E-state index < -0.39 is 15.3 Å². The van der Waals surface area contributed by atoms with Crippen LogP contribution < -0.4 is 9.62 Å². The van der Waals surface area contributed by atoms with Gasteiger partial charge in [-0.15, -0.1) is 0 Å². The SMILES string of the molecule is CC(C)S(=O)(=O)Nc1ccc2c(c1)N(C(=O)c1ccccc1)CCC2. The van der Waals surface area contributed by atoms with Gasteiger partial charge in [0, 0.05) is 17.8 Å². The fourth-order valence-electron chi connectivity index (χ4n) is 2.87. The molecule has 1 N–H and O–H groups in total. The van der Waals surface area contributed by atoms with Gasteiger partial charge in [-0.1, -0.05) is 24.3 Å². The van der Waals surface area contributed by atoms with E-state index in [0.717, 1.165) is 24.1 Å². The second kappa shape index (κ2) is 6.88. The standard InChI is InChI=1S/C19H22N2O3S/c1-14(2)25(23,24)20-17-11-10-15-9-6-12-21(18(15)13-17)19(22)16-7-4-3-5-8-16/h3-5,7-8,10-11,13-14,20H,6,9,12H2,1-2H3. The Morgan fingerprint density at radius 1 is 1.12 bits per heavy atom. The zero-order valence-electron chi connectivity index (χ0n) is 14.4. The lowest BCUT2D eigenvalue weighted by molar-refractivity contribution is 0.0985. The summed E-state index contributed by atoms with van der Waals surface area (Å²) in [6.07, 6.45) is 1.77. The van der Waals surface area contributed by atoms with Crippen LogP contribution in [0.3, 0.4) is 0 Å². The number of nitrogens with zero attached hydrogens (tertiary/aromatic N) is 1. The number of amides is 1. The second-order valence-corrected chi connectivity index (χ2v) is 8.70. The predicted octanol–water partition coefficient (Wildman–Crippen LogP) is 3.43. The summed E-state index contributed by atoms with van der Waals surface area (Å²) in [5, 5.41) is -0.523. The molecule has 0 saturated heterocycles. The van der Waals surface area contributed by atoms with Gasteiger partial charge in [-0.2, -0.15) is 0 Å². The highest BCUT2D eigenvalue weighted by Crippen LogP contribution is 2.31. The van der Waals surface area contributed by atoms with Gasteiger partial charge in [0.2, 0.25) is 10.0 Å². The van der Waals surface area contributed by atoms with Crippen LogP contribution >= 0.6 is 0 Å². The highest BCUT2D eigenvalue weighted by atomic mass is 32.2. The summed E-state index contributed by atoms with van der Waals surface area (Å²) in [4.78, 5) is 14.6. The number of anilines is 2. The van der Waals surface area contributed by atoms with E-state index in [0.29, 0.717) is 17.8 Å². The molecule has 0 unspecified atom stereocenters. The first kappa shape index (κ1) is 17.5. The molecule has 1 aliphatic heterocycles. The van der Waals surface area contributed by atoms with Crippen LogP contribution in [0.5, 0.6) is 0 Å². The van der Waals surface area contributed by atoms with Gasteiger partial charge in [-0.05, 0) is 56.5 Å². The van der Waals surface area contributed by atoms with Gasteiger partial charge in [0.05, 0.1) is 10.9 Å². The highest BCUT2D eigenvalue weighted by Gasteiger charge is 2.24. The van der Waals surface area contributed by atoms with Crippen LogP contribution in [0, 0.1) is 0 Å². The monoisotopic (exact) mass is 358 g/mol. The summed E-state index contributed by atoms with van der Waals surface area (Å²) in [5.41, 5.74) is 2.95. The largest absolute Gasteiger partial charge is 0.308 e. The number of carbonyl (C=O) groups excluding carboxylic acids is 1. The lowest BCUT2D eigenvalue weighted by Crippen LogP contribution is -2.35. The molecule has 0 fully saturated rings. The van der Waals surface area contributed by atoms with Gasteiger partial charge in [-0.3, -0.25) is 9.52 Å².